The van der Waals surface area contributed by atoms with Crippen molar-refractivity contribution in [3.8, 4) is 5.75 Å². The Bertz CT molecular complexity index is 715. The number of halogens is 2. The lowest BCUT2D eigenvalue weighted by atomic mass is 9.73. The molecule has 176 valence electrons. The molecule has 0 unspecified atom stereocenters. The van der Waals surface area contributed by atoms with Crippen molar-refractivity contribution < 1.29 is 9.53 Å². The van der Waals surface area contributed by atoms with E-state index in [1.165, 1.54) is 31.2 Å². The van der Waals surface area contributed by atoms with E-state index in [1.54, 1.807) is 7.11 Å². The molecule has 5 atom stereocenters. The van der Waals surface area contributed by atoms with E-state index >= 15 is 0 Å². The number of fused-ring (bicyclic) bond motifs is 4. The fraction of sp³-hybridized carbons (Fsp3) is 0.708. The van der Waals surface area contributed by atoms with Gasteiger partial charge in [-0.1, -0.05) is 26.0 Å². The van der Waals surface area contributed by atoms with Crippen molar-refractivity contribution in [2.75, 3.05) is 26.7 Å². The summed E-state index contributed by atoms with van der Waals surface area (Å²) in [6.45, 7) is 7.13. The number of carbonyl (C=O) groups is 1. The number of piperidine rings is 3. The minimum Gasteiger partial charge on any atom is -0.497 e. The van der Waals surface area contributed by atoms with E-state index in [0.717, 1.165) is 31.8 Å². The van der Waals surface area contributed by atoms with Crippen molar-refractivity contribution in [3.63, 3.8) is 0 Å². The fourth-order valence-electron chi connectivity index (χ4n) is 6.02. The maximum absolute atomic E-state index is 12.9. The number of amides is 1. The Morgan fingerprint density at radius 2 is 1.84 bits per heavy atom. The van der Waals surface area contributed by atoms with Crippen LogP contribution in [0.1, 0.15) is 57.6 Å². The molecule has 2 N–H and O–H groups in total. The lowest BCUT2D eigenvalue weighted by molar-refractivity contribution is -0.140. The van der Waals surface area contributed by atoms with Crippen LogP contribution >= 0.6 is 24.8 Å². The highest BCUT2D eigenvalue weighted by Gasteiger charge is 2.46. The molecule has 3 heterocycles. The normalized spacial score (nSPS) is 28.7. The minimum atomic E-state index is -0.344. The smallest absolute Gasteiger partial charge is 0.239 e. The highest BCUT2D eigenvalue weighted by molar-refractivity contribution is 5.85. The van der Waals surface area contributed by atoms with Crippen LogP contribution in [0.3, 0.4) is 0 Å². The van der Waals surface area contributed by atoms with Gasteiger partial charge in [0.25, 0.3) is 0 Å². The first-order valence-electron chi connectivity index (χ1n) is 11.4. The van der Waals surface area contributed by atoms with Crippen LogP contribution in [-0.4, -0.2) is 54.5 Å². The second-order valence-electron chi connectivity index (χ2n) is 9.83. The maximum atomic E-state index is 12.9. The van der Waals surface area contributed by atoms with Gasteiger partial charge in [0.05, 0.1) is 13.2 Å². The van der Waals surface area contributed by atoms with Gasteiger partial charge in [-0.25, -0.2) is 0 Å². The van der Waals surface area contributed by atoms with E-state index in [9.17, 15) is 4.79 Å². The molecule has 4 rings (SSSR count). The van der Waals surface area contributed by atoms with Gasteiger partial charge in [-0.2, -0.15) is 0 Å². The first-order valence-corrected chi connectivity index (χ1v) is 11.4. The van der Waals surface area contributed by atoms with E-state index in [0.29, 0.717) is 29.8 Å². The van der Waals surface area contributed by atoms with Crippen LogP contribution < -0.4 is 10.5 Å². The summed E-state index contributed by atoms with van der Waals surface area (Å²) in [5.74, 6) is 2.70. The Morgan fingerprint density at radius 3 is 2.48 bits per heavy atom. The molecular weight excluding hydrogens is 433 g/mol. The summed E-state index contributed by atoms with van der Waals surface area (Å²) in [5, 5.41) is 0. The zero-order chi connectivity index (χ0) is 20.5. The topological polar surface area (TPSA) is 58.8 Å². The average molecular weight is 473 g/mol. The molecule has 1 amide bonds. The van der Waals surface area contributed by atoms with Crippen LogP contribution in [0.2, 0.25) is 0 Å². The zero-order valence-corrected chi connectivity index (χ0v) is 20.7. The van der Waals surface area contributed by atoms with Crippen LogP contribution in [0.25, 0.3) is 0 Å². The lowest BCUT2D eigenvalue weighted by Crippen LogP contribution is -2.61. The Kier molecular flexibility index (Phi) is 9.50. The van der Waals surface area contributed by atoms with Crippen molar-refractivity contribution >= 4 is 30.7 Å². The molecular formula is C24H39Cl2N3O2. The second kappa shape index (κ2) is 11.2. The third kappa shape index (κ3) is 5.68. The van der Waals surface area contributed by atoms with Crippen LogP contribution in [0.15, 0.2) is 24.3 Å². The van der Waals surface area contributed by atoms with Crippen molar-refractivity contribution in [2.24, 2.45) is 23.5 Å². The summed E-state index contributed by atoms with van der Waals surface area (Å²) < 4.78 is 5.34. The maximum Gasteiger partial charge on any atom is 0.239 e. The van der Waals surface area contributed by atoms with Crippen LogP contribution in [0.5, 0.6) is 5.75 Å². The quantitative estimate of drug-likeness (QED) is 0.695. The molecule has 0 spiro atoms. The highest BCUT2D eigenvalue weighted by atomic mass is 35.5. The molecule has 7 heteroatoms. The van der Waals surface area contributed by atoms with Crippen LogP contribution in [0.4, 0.5) is 0 Å². The Labute approximate surface area is 199 Å². The number of methoxy groups -OCH3 is 1. The van der Waals surface area contributed by atoms with E-state index in [4.69, 9.17) is 10.5 Å². The first kappa shape index (κ1) is 26.2. The number of nitrogens with zero attached hydrogens (tertiary/aromatic N) is 2. The number of hydrogen-bond donors (Lipinski definition) is 1. The van der Waals surface area contributed by atoms with Crippen molar-refractivity contribution in [3.05, 3.63) is 29.8 Å². The molecule has 3 saturated heterocycles. The number of nitrogens with two attached hydrogens (primary N) is 1. The minimum absolute atomic E-state index is 0. The summed E-state index contributed by atoms with van der Waals surface area (Å²) in [6.07, 6.45) is 5.79. The highest BCUT2D eigenvalue weighted by Crippen LogP contribution is 2.44. The number of rotatable bonds is 5. The molecule has 3 aliphatic heterocycles. The average Bonchev–Trinajstić information content (AvgIpc) is 2.72. The molecule has 0 aromatic heterocycles. The van der Waals surface area contributed by atoms with E-state index < -0.39 is 0 Å². The fourth-order valence-corrected chi connectivity index (χ4v) is 6.02. The lowest BCUT2D eigenvalue weighted by Gasteiger charge is -2.55. The molecule has 5 nitrogen and oxygen atoms in total. The Balaban J connectivity index is 0.00000171. The Hall–Kier alpha value is -1.01. The van der Waals surface area contributed by atoms with Gasteiger partial charge in [0.2, 0.25) is 5.91 Å². The number of hydrogen-bond acceptors (Lipinski definition) is 4. The summed E-state index contributed by atoms with van der Waals surface area (Å²) >= 11 is 0. The van der Waals surface area contributed by atoms with Gasteiger partial charge in [-0.05, 0) is 67.6 Å². The molecule has 1 aromatic carbocycles. The monoisotopic (exact) mass is 471 g/mol. The van der Waals surface area contributed by atoms with Crippen LogP contribution in [-0.2, 0) is 4.79 Å². The van der Waals surface area contributed by atoms with Gasteiger partial charge in [0.1, 0.15) is 5.75 Å². The van der Waals surface area contributed by atoms with Crippen molar-refractivity contribution in [1.29, 1.82) is 0 Å². The van der Waals surface area contributed by atoms with Gasteiger partial charge in [0.15, 0.2) is 0 Å². The first-order chi connectivity index (χ1) is 14.0. The third-order valence-electron chi connectivity index (χ3n) is 7.24. The largest absolute Gasteiger partial charge is 0.497 e. The van der Waals surface area contributed by atoms with Crippen molar-refractivity contribution in [2.45, 2.75) is 64.1 Å². The SMILES string of the molecule is COc1ccc([C@H]2CCC[C@H]3[C@@H]4C[C@@H](CN(C(=O)[C@@H](N)CC(C)C)C4)CN23)cc1.Cl.Cl. The van der Waals surface area contributed by atoms with E-state index in [2.05, 4.69) is 47.9 Å². The number of likely N-dealkylation sites (tertiary alicyclic amines) is 1. The standard InChI is InChI=1S/C24H37N3O2.2ClH/c1-16(2)11-21(25)24(28)26-13-17-12-19(15-26)23-6-4-5-22(27(23)14-17)18-7-9-20(29-3)10-8-18;;/h7-10,16-17,19,21-23H,4-6,11-15,25H2,1-3H3;2*1H/t17-,19+,21-,22+,23-;;/m0../s1. The third-order valence-corrected chi connectivity index (χ3v) is 7.24. The predicted molar refractivity (Wildman–Crippen MR) is 130 cm³/mol. The second-order valence-corrected chi connectivity index (χ2v) is 9.83. The molecule has 0 saturated carbocycles. The van der Waals surface area contributed by atoms with Gasteiger partial charge in [0, 0.05) is 31.7 Å². The summed E-state index contributed by atoms with van der Waals surface area (Å²) in [6, 6.07) is 9.37. The zero-order valence-electron chi connectivity index (χ0n) is 19.0. The molecule has 2 bridgehead atoms. The van der Waals surface area contributed by atoms with E-state index in [1.807, 2.05) is 0 Å². The molecule has 3 fully saturated rings. The number of carbonyl (C=O) groups excluding carboxylic acids is 1. The van der Waals surface area contributed by atoms with Gasteiger partial charge >= 0.3 is 0 Å². The van der Waals surface area contributed by atoms with Crippen LogP contribution in [0, 0.1) is 17.8 Å². The summed E-state index contributed by atoms with van der Waals surface area (Å²) in [4.78, 5) is 17.8. The summed E-state index contributed by atoms with van der Waals surface area (Å²) in [5.41, 5.74) is 7.65. The van der Waals surface area contributed by atoms with Crippen molar-refractivity contribution in [1.82, 2.24) is 9.80 Å². The molecule has 0 aliphatic carbocycles. The molecule has 1 aromatic rings. The van der Waals surface area contributed by atoms with Gasteiger partial charge in [-0.3, -0.25) is 9.69 Å². The number of ether oxygens (including phenoxy) is 1. The van der Waals surface area contributed by atoms with Gasteiger partial charge < -0.3 is 15.4 Å². The molecule has 3 aliphatic rings. The number of benzene rings is 1. The molecule has 0 radical (unpaired) electrons. The predicted octanol–water partition coefficient (Wildman–Crippen LogP) is 4.29. The Morgan fingerprint density at radius 1 is 1.13 bits per heavy atom. The molecule has 31 heavy (non-hydrogen) atoms. The van der Waals surface area contributed by atoms with E-state index in [-0.39, 0.29) is 36.8 Å². The van der Waals surface area contributed by atoms with Gasteiger partial charge in [-0.15, -0.1) is 24.8 Å². The summed E-state index contributed by atoms with van der Waals surface area (Å²) in [7, 11) is 1.72.